The summed E-state index contributed by atoms with van der Waals surface area (Å²) in [5.41, 5.74) is 1.07. The van der Waals surface area contributed by atoms with Crippen LogP contribution in [0.2, 0.25) is 0 Å². The third kappa shape index (κ3) is 4.17. The van der Waals surface area contributed by atoms with Gasteiger partial charge in [-0.05, 0) is 43.7 Å². The molecule has 0 aromatic heterocycles. The third-order valence-corrected chi connectivity index (χ3v) is 5.17. The second kappa shape index (κ2) is 7.23. The first-order chi connectivity index (χ1) is 10.9. The molecule has 0 aliphatic heterocycles. The summed E-state index contributed by atoms with van der Waals surface area (Å²) in [5.74, 6) is 1.04. The summed E-state index contributed by atoms with van der Waals surface area (Å²) in [6.45, 7) is 4.12. The summed E-state index contributed by atoms with van der Waals surface area (Å²) in [5, 5.41) is 0. The number of rotatable bonds is 6. The lowest BCUT2D eigenvalue weighted by Gasteiger charge is -2.14. The fourth-order valence-electron chi connectivity index (χ4n) is 2.08. The Morgan fingerprint density at radius 1 is 1.13 bits per heavy atom. The Labute approximate surface area is 144 Å². The molecule has 1 N–H and O–H groups in total. The van der Waals surface area contributed by atoms with Crippen LogP contribution in [0.5, 0.6) is 11.5 Å². The normalized spacial score (nSPS) is 11.1. The maximum absolute atomic E-state index is 12.6. The predicted molar refractivity (Wildman–Crippen MR) is 93.9 cm³/mol. The van der Waals surface area contributed by atoms with Crippen LogP contribution in [-0.4, -0.2) is 22.1 Å². The highest BCUT2D eigenvalue weighted by molar-refractivity contribution is 9.10. The second-order valence-electron chi connectivity index (χ2n) is 4.81. The third-order valence-electron chi connectivity index (χ3n) is 3.16. The molecule has 0 fully saturated rings. The van der Waals surface area contributed by atoms with Crippen molar-refractivity contribution in [3.05, 3.63) is 46.4 Å². The topological polar surface area (TPSA) is 64.6 Å². The Bertz CT molecular complexity index is 806. The van der Waals surface area contributed by atoms with Gasteiger partial charge in [0.25, 0.3) is 10.0 Å². The zero-order valence-electron chi connectivity index (χ0n) is 13.1. The molecule has 0 aliphatic carbocycles. The van der Waals surface area contributed by atoms with Gasteiger partial charge in [-0.2, -0.15) is 0 Å². The smallest absolute Gasteiger partial charge is 0.262 e. The van der Waals surface area contributed by atoms with Gasteiger partial charge < -0.3 is 9.47 Å². The lowest BCUT2D eigenvalue weighted by Crippen LogP contribution is -2.14. The molecule has 0 unspecified atom stereocenters. The largest absolute Gasteiger partial charge is 0.493 e. The van der Waals surface area contributed by atoms with Gasteiger partial charge in [-0.1, -0.05) is 22.0 Å². The van der Waals surface area contributed by atoms with Crippen LogP contribution >= 0.6 is 15.9 Å². The van der Waals surface area contributed by atoms with Gasteiger partial charge in [-0.25, -0.2) is 8.42 Å². The molecule has 0 atom stereocenters. The van der Waals surface area contributed by atoms with Gasteiger partial charge in [0.2, 0.25) is 0 Å². The molecule has 124 valence electrons. The van der Waals surface area contributed by atoms with Crippen molar-refractivity contribution >= 4 is 31.6 Å². The Morgan fingerprint density at radius 3 is 2.52 bits per heavy atom. The van der Waals surface area contributed by atoms with Crippen LogP contribution in [0.3, 0.4) is 0 Å². The summed E-state index contributed by atoms with van der Waals surface area (Å²) in [7, 11) is -2.18. The highest BCUT2D eigenvalue weighted by Gasteiger charge is 2.18. The molecule has 0 aliphatic rings. The van der Waals surface area contributed by atoms with Crippen LogP contribution < -0.4 is 14.2 Å². The molecular weight excluding hydrogens is 382 g/mol. The number of ether oxygens (including phenoxy) is 2. The van der Waals surface area contributed by atoms with E-state index in [0.717, 1.165) is 0 Å². The molecule has 23 heavy (non-hydrogen) atoms. The van der Waals surface area contributed by atoms with Gasteiger partial charge in [0, 0.05) is 10.5 Å². The van der Waals surface area contributed by atoms with E-state index in [2.05, 4.69) is 20.7 Å². The molecule has 0 heterocycles. The number of hydrogen-bond acceptors (Lipinski definition) is 4. The molecule has 0 spiro atoms. The number of aryl methyl sites for hydroxylation is 1. The van der Waals surface area contributed by atoms with E-state index < -0.39 is 10.0 Å². The Hall–Kier alpha value is -1.73. The number of hydrogen-bond donors (Lipinski definition) is 1. The molecule has 2 aromatic carbocycles. The lowest BCUT2D eigenvalue weighted by molar-refractivity contribution is 0.311. The standard InChI is InChI=1S/C16H18BrNO4S/c1-4-22-14-8-7-13(10-15(14)21-3)18-23(19,20)16-9-12(17)6-5-11(16)2/h5-10,18H,4H2,1-3H3. The highest BCUT2D eigenvalue weighted by atomic mass is 79.9. The lowest BCUT2D eigenvalue weighted by atomic mass is 10.2. The maximum atomic E-state index is 12.6. The molecule has 5 nitrogen and oxygen atoms in total. The molecule has 2 rings (SSSR count). The van der Waals surface area contributed by atoms with Crippen LogP contribution in [-0.2, 0) is 10.0 Å². The van der Waals surface area contributed by atoms with Gasteiger partial charge in [0.1, 0.15) is 0 Å². The van der Waals surface area contributed by atoms with Gasteiger partial charge in [0.05, 0.1) is 24.3 Å². The summed E-state index contributed by atoms with van der Waals surface area (Å²) >= 11 is 3.30. The quantitative estimate of drug-likeness (QED) is 0.797. The number of nitrogens with one attached hydrogen (secondary N) is 1. The van der Waals surface area contributed by atoms with Crippen LogP contribution in [0, 0.1) is 6.92 Å². The van der Waals surface area contributed by atoms with Crippen molar-refractivity contribution in [1.82, 2.24) is 0 Å². The molecule has 0 radical (unpaired) electrons. The van der Waals surface area contributed by atoms with Gasteiger partial charge in [0.15, 0.2) is 11.5 Å². The summed E-state index contributed by atoms with van der Waals surface area (Å²) in [6.07, 6.45) is 0. The van der Waals surface area contributed by atoms with E-state index in [1.54, 1.807) is 43.3 Å². The van der Waals surface area contributed by atoms with Crippen molar-refractivity contribution < 1.29 is 17.9 Å². The molecule has 0 saturated heterocycles. The van der Waals surface area contributed by atoms with E-state index in [-0.39, 0.29) is 4.90 Å². The molecule has 7 heteroatoms. The molecule has 0 saturated carbocycles. The van der Waals surface area contributed by atoms with Crippen LogP contribution in [0.15, 0.2) is 45.8 Å². The first-order valence-electron chi connectivity index (χ1n) is 6.97. The molecule has 2 aromatic rings. The fraction of sp³-hybridized carbons (Fsp3) is 0.250. The number of sulfonamides is 1. The fourth-order valence-corrected chi connectivity index (χ4v) is 3.91. The average molecular weight is 400 g/mol. The zero-order valence-corrected chi connectivity index (χ0v) is 15.5. The van der Waals surface area contributed by atoms with E-state index in [4.69, 9.17) is 9.47 Å². The van der Waals surface area contributed by atoms with Crippen molar-refractivity contribution in [2.45, 2.75) is 18.7 Å². The van der Waals surface area contributed by atoms with Gasteiger partial charge in [-0.3, -0.25) is 4.72 Å². The molecule has 0 bridgehead atoms. The maximum Gasteiger partial charge on any atom is 0.262 e. The summed E-state index contributed by atoms with van der Waals surface area (Å²) in [4.78, 5) is 0.222. The van der Waals surface area contributed by atoms with Crippen molar-refractivity contribution in [1.29, 1.82) is 0 Å². The van der Waals surface area contributed by atoms with E-state index in [1.165, 1.54) is 7.11 Å². The number of methoxy groups -OCH3 is 1. The monoisotopic (exact) mass is 399 g/mol. The molecular formula is C16H18BrNO4S. The highest BCUT2D eigenvalue weighted by Crippen LogP contribution is 2.31. The van der Waals surface area contributed by atoms with Gasteiger partial charge in [-0.15, -0.1) is 0 Å². The summed E-state index contributed by atoms with van der Waals surface area (Å²) in [6, 6.07) is 10.0. The van der Waals surface area contributed by atoms with Crippen molar-refractivity contribution in [2.24, 2.45) is 0 Å². The predicted octanol–water partition coefficient (Wildman–Crippen LogP) is 3.97. The van der Waals surface area contributed by atoms with Crippen molar-refractivity contribution in [3.8, 4) is 11.5 Å². The Kier molecular flexibility index (Phi) is 5.54. The Balaban J connectivity index is 2.35. The van der Waals surface area contributed by atoms with Crippen molar-refractivity contribution in [3.63, 3.8) is 0 Å². The summed E-state index contributed by atoms with van der Waals surface area (Å²) < 4.78 is 39.1. The minimum Gasteiger partial charge on any atom is -0.493 e. The second-order valence-corrected chi connectivity index (χ2v) is 7.38. The number of benzene rings is 2. The minimum atomic E-state index is -3.69. The van der Waals surface area contributed by atoms with Crippen molar-refractivity contribution in [2.75, 3.05) is 18.4 Å². The average Bonchev–Trinajstić information content (AvgIpc) is 2.51. The van der Waals surface area contributed by atoms with Crippen LogP contribution in [0.25, 0.3) is 0 Å². The Morgan fingerprint density at radius 2 is 1.87 bits per heavy atom. The van der Waals surface area contributed by atoms with Crippen LogP contribution in [0.4, 0.5) is 5.69 Å². The van der Waals surface area contributed by atoms with E-state index in [9.17, 15) is 8.42 Å². The van der Waals surface area contributed by atoms with E-state index in [1.807, 2.05) is 6.92 Å². The number of anilines is 1. The SMILES string of the molecule is CCOc1ccc(NS(=O)(=O)c2cc(Br)ccc2C)cc1OC. The van der Waals surface area contributed by atoms with Crippen LogP contribution in [0.1, 0.15) is 12.5 Å². The number of halogens is 1. The first kappa shape index (κ1) is 17.6. The minimum absolute atomic E-state index is 0.222. The zero-order chi connectivity index (χ0) is 17.0. The first-order valence-corrected chi connectivity index (χ1v) is 9.25. The van der Waals surface area contributed by atoms with E-state index >= 15 is 0 Å². The van der Waals surface area contributed by atoms with E-state index in [0.29, 0.717) is 33.8 Å². The van der Waals surface area contributed by atoms with Gasteiger partial charge >= 0.3 is 0 Å². The molecule has 0 amide bonds.